The Balaban J connectivity index is -0.0000000213. The molecule has 9 heteroatoms. The van der Waals surface area contributed by atoms with E-state index < -0.39 is 25.9 Å². The largest absolute Gasteiger partial charge is 0.554 e. The molecule has 0 amide bonds. The summed E-state index contributed by atoms with van der Waals surface area (Å²) in [5, 5.41) is 33.0. The quantitative estimate of drug-likeness (QED) is 0.382. The van der Waals surface area contributed by atoms with Crippen LogP contribution >= 0.6 is 0 Å². The smallest absolute Gasteiger partial charge is 0.0275 e. The Labute approximate surface area is 86.5 Å². The molecule has 0 N–H and O–H groups in total. The van der Waals surface area contributed by atoms with Crippen LogP contribution in [0.5, 0.6) is 0 Å². The Morgan fingerprint density at radius 3 is 0.538 bits per heavy atom. The zero-order valence-electron chi connectivity index (χ0n) is 5.95. The maximum atomic E-state index is 8.25. The second-order valence-electron chi connectivity index (χ2n) is 0.385. The average molecular weight is 366 g/mol. The summed E-state index contributed by atoms with van der Waals surface area (Å²) < 4.78 is 0. The van der Waals surface area contributed by atoms with Crippen molar-refractivity contribution in [1.29, 1.82) is 0 Å². The van der Waals surface area contributed by atoms with Gasteiger partial charge < -0.3 is 39.6 Å². The molecule has 79 valence electrons. The van der Waals surface area contributed by atoms with E-state index in [-0.39, 0.29) is 20.4 Å². The van der Waals surface area contributed by atoms with Gasteiger partial charge >= 0.3 is 0 Å². The monoisotopic (exact) mass is 367 g/mol. The third-order valence-electron chi connectivity index (χ3n) is 0. The summed E-state index contributed by atoms with van der Waals surface area (Å²) in [6.07, 6.45) is 0. The molecule has 0 aromatic carbocycles. The average Bonchev–Trinajstić information content (AvgIpc) is 1.92. The molecule has 0 saturated heterocycles. The van der Waals surface area contributed by atoms with Gasteiger partial charge in [0.1, 0.15) is 0 Å². The minimum atomic E-state index is -0.500. The van der Waals surface area contributed by atoms with Crippen LogP contribution in [0.4, 0.5) is 0 Å². The van der Waals surface area contributed by atoms with Gasteiger partial charge in [0.05, 0.1) is 0 Å². The first-order chi connectivity index (χ1) is 5.66. The topological polar surface area (TPSA) is 161 Å². The summed E-state index contributed by atoms with van der Waals surface area (Å²) in [6.45, 7) is -2.00. The van der Waals surface area contributed by atoms with Gasteiger partial charge in [-0.3, -0.25) is 0 Å². The number of carbonyl (C=O) groups excluding carboxylic acids is 4. The fourth-order valence-corrected chi connectivity index (χ4v) is 0. The number of carboxylic acid groups (broad SMARTS) is 4. The Kier molecular flexibility index (Phi) is 342. The number of rotatable bonds is 0. The van der Waals surface area contributed by atoms with Crippen LogP contribution in [-0.4, -0.2) is 25.9 Å². The fraction of sp³-hybridized carbons (Fsp3) is 0. The van der Waals surface area contributed by atoms with Crippen LogP contribution in [0.25, 0.3) is 0 Å². The molecule has 0 heterocycles. The summed E-state index contributed by atoms with van der Waals surface area (Å²) in [4.78, 5) is 33.0. The van der Waals surface area contributed by atoms with Gasteiger partial charge in [-0.05, 0) is 0 Å². The molecule has 0 aliphatic carbocycles. The SMILES string of the molecule is O=C[O-].O=C[O-].O=C[O-].O=C[O-].[Re]. The van der Waals surface area contributed by atoms with E-state index in [1.54, 1.807) is 0 Å². The number of hydrogen-bond acceptors (Lipinski definition) is 8. The standard InChI is InChI=1S/4CH2O2.Re/c4*2-1-3;/h4*1H,(H,2,3);/p-4. The third-order valence-corrected chi connectivity index (χ3v) is 0. The van der Waals surface area contributed by atoms with Crippen molar-refractivity contribution in [2.75, 3.05) is 0 Å². The van der Waals surface area contributed by atoms with Gasteiger partial charge in [0.15, 0.2) is 0 Å². The van der Waals surface area contributed by atoms with Crippen LogP contribution in [0.1, 0.15) is 0 Å². The van der Waals surface area contributed by atoms with Crippen molar-refractivity contribution in [2.24, 2.45) is 0 Å². The molecule has 0 atom stereocenters. The van der Waals surface area contributed by atoms with Gasteiger partial charge in [0.2, 0.25) is 0 Å². The molecule has 0 aliphatic heterocycles. The second kappa shape index (κ2) is 149. The van der Waals surface area contributed by atoms with Gasteiger partial charge in [0.25, 0.3) is 0 Å². The van der Waals surface area contributed by atoms with Crippen LogP contribution in [0, 0.1) is 0 Å². The fourth-order valence-electron chi connectivity index (χ4n) is 0. The van der Waals surface area contributed by atoms with E-state index >= 15 is 0 Å². The van der Waals surface area contributed by atoms with Gasteiger partial charge in [-0.25, -0.2) is 0 Å². The first-order valence-corrected chi connectivity index (χ1v) is 1.89. The molecule has 0 bridgehead atoms. The van der Waals surface area contributed by atoms with Crippen LogP contribution in [0.15, 0.2) is 0 Å². The summed E-state index contributed by atoms with van der Waals surface area (Å²) in [7, 11) is 0. The molecule has 0 unspecified atom stereocenters. The van der Waals surface area contributed by atoms with E-state index in [1.165, 1.54) is 0 Å². The maximum Gasteiger partial charge on any atom is 0.0275 e. The predicted molar refractivity (Wildman–Crippen MR) is 24.3 cm³/mol. The molecule has 13 heavy (non-hydrogen) atoms. The van der Waals surface area contributed by atoms with Crippen molar-refractivity contribution in [3.63, 3.8) is 0 Å². The molecule has 8 nitrogen and oxygen atoms in total. The molecule has 1 radical (unpaired) electrons. The van der Waals surface area contributed by atoms with Crippen molar-refractivity contribution in [1.82, 2.24) is 0 Å². The molecule has 0 aromatic heterocycles. The van der Waals surface area contributed by atoms with E-state index in [4.69, 9.17) is 39.6 Å². The number of hydrogen-bond donors (Lipinski definition) is 0. The van der Waals surface area contributed by atoms with Gasteiger partial charge in [-0.2, -0.15) is 0 Å². The molecule has 0 aliphatic rings. The predicted octanol–water partition coefficient (Wildman–Crippen LogP) is -6.54. The summed E-state index contributed by atoms with van der Waals surface area (Å²) in [5.41, 5.74) is 0. The molecule has 0 saturated carbocycles. The first-order valence-electron chi connectivity index (χ1n) is 1.89. The van der Waals surface area contributed by atoms with Crippen LogP contribution in [-0.2, 0) is 39.6 Å². The zero-order chi connectivity index (χ0) is 10.8. The molecular formula is C4H4O8Re-4. The van der Waals surface area contributed by atoms with E-state index in [1.807, 2.05) is 0 Å². The Morgan fingerprint density at radius 2 is 0.538 bits per heavy atom. The van der Waals surface area contributed by atoms with Crippen LogP contribution < -0.4 is 20.4 Å². The summed E-state index contributed by atoms with van der Waals surface area (Å²) in [6, 6.07) is 0. The molecule has 0 aromatic rings. The van der Waals surface area contributed by atoms with Crippen molar-refractivity contribution in [3.8, 4) is 0 Å². The second-order valence-corrected chi connectivity index (χ2v) is 0.385. The summed E-state index contributed by atoms with van der Waals surface area (Å²) in [5.74, 6) is 0. The van der Waals surface area contributed by atoms with Gasteiger partial charge in [-0.15, -0.1) is 0 Å². The molecule has 0 spiro atoms. The van der Waals surface area contributed by atoms with E-state index in [0.717, 1.165) is 0 Å². The Bertz CT molecular complexity index is 70.1. The van der Waals surface area contributed by atoms with Gasteiger partial charge in [-0.1, -0.05) is 0 Å². The Morgan fingerprint density at radius 1 is 0.538 bits per heavy atom. The molecule has 0 fully saturated rings. The van der Waals surface area contributed by atoms with Crippen molar-refractivity contribution >= 4 is 25.9 Å². The third kappa shape index (κ3) is 362. The summed E-state index contributed by atoms with van der Waals surface area (Å²) >= 11 is 0. The zero-order valence-corrected chi connectivity index (χ0v) is 8.67. The maximum absolute atomic E-state index is 8.25. The van der Waals surface area contributed by atoms with E-state index in [9.17, 15) is 0 Å². The van der Waals surface area contributed by atoms with Crippen LogP contribution in [0.3, 0.4) is 0 Å². The normalized spacial score (nSPS) is 3.69. The molecular weight excluding hydrogens is 362 g/mol. The van der Waals surface area contributed by atoms with Crippen molar-refractivity contribution < 1.29 is 60.0 Å². The number of carbonyl (C=O) groups is 4. The minimum Gasteiger partial charge on any atom is -0.554 e. The van der Waals surface area contributed by atoms with E-state index in [0.29, 0.717) is 0 Å². The molecule has 0 rings (SSSR count). The van der Waals surface area contributed by atoms with Crippen molar-refractivity contribution in [2.45, 2.75) is 0 Å². The first kappa shape index (κ1) is 30.0. The van der Waals surface area contributed by atoms with Gasteiger partial charge in [0, 0.05) is 46.3 Å². The Hall–Kier alpha value is -1.46. The van der Waals surface area contributed by atoms with Crippen LogP contribution in [0.2, 0.25) is 0 Å². The van der Waals surface area contributed by atoms with Crippen molar-refractivity contribution in [3.05, 3.63) is 0 Å². The van der Waals surface area contributed by atoms with E-state index in [2.05, 4.69) is 0 Å². The minimum absolute atomic E-state index is 0.